The van der Waals surface area contributed by atoms with E-state index in [1.54, 1.807) is 37.4 Å². The fraction of sp³-hybridized carbons (Fsp3) is 0.125. The van der Waals surface area contributed by atoms with Gasteiger partial charge in [0.1, 0.15) is 5.75 Å². The van der Waals surface area contributed by atoms with Crippen LogP contribution in [0.4, 0.5) is 11.4 Å². The van der Waals surface area contributed by atoms with Crippen LogP contribution in [0.5, 0.6) is 5.75 Å². The molecule has 0 aliphatic rings. The van der Waals surface area contributed by atoms with Crippen molar-refractivity contribution in [2.75, 3.05) is 18.2 Å². The van der Waals surface area contributed by atoms with Crippen LogP contribution in [0, 0.1) is 0 Å². The van der Waals surface area contributed by atoms with E-state index < -0.39 is 0 Å². The molecule has 4 aromatic rings. The minimum atomic E-state index is -0.237. The molecule has 31 heavy (non-hydrogen) atoms. The number of methoxy groups -OCH3 is 1. The molecular weight excluding hydrogens is 433 g/mol. The SMILES string of the molecule is CCn1c(-c2ccc(C(=O)Nc3ccc(Cl)c(Cl)c3)cc2)c(N)c2cc(OC)ccc21. The zero-order chi connectivity index (χ0) is 22.1. The lowest BCUT2D eigenvalue weighted by Crippen LogP contribution is -2.11. The Kier molecular flexibility index (Phi) is 5.81. The van der Waals surface area contributed by atoms with Crippen LogP contribution in [0.25, 0.3) is 22.2 Å². The van der Waals surface area contributed by atoms with Crippen LogP contribution < -0.4 is 15.8 Å². The van der Waals surface area contributed by atoms with E-state index in [0.29, 0.717) is 27.0 Å². The Bertz CT molecular complexity index is 1280. The van der Waals surface area contributed by atoms with Crippen LogP contribution in [0.3, 0.4) is 0 Å². The van der Waals surface area contributed by atoms with Gasteiger partial charge in [-0.05, 0) is 55.5 Å². The summed E-state index contributed by atoms with van der Waals surface area (Å²) in [6.07, 6.45) is 0. The van der Waals surface area contributed by atoms with Crippen LogP contribution in [-0.2, 0) is 6.54 Å². The number of halogens is 2. The topological polar surface area (TPSA) is 69.3 Å². The molecule has 0 aliphatic heterocycles. The van der Waals surface area contributed by atoms with Crippen molar-refractivity contribution in [2.24, 2.45) is 0 Å². The molecule has 1 aromatic heterocycles. The smallest absolute Gasteiger partial charge is 0.255 e. The fourth-order valence-electron chi connectivity index (χ4n) is 3.68. The monoisotopic (exact) mass is 453 g/mol. The van der Waals surface area contributed by atoms with Gasteiger partial charge in [0.15, 0.2) is 0 Å². The van der Waals surface area contributed by atoms with Crippen LogP contribution in [0.2, 0.25) is 10.0 Å². The van der Waals surface area contributed by atoms with Gasteiger partial charge >= 0.3 is 0 Å². The van der Waals surface area contributed by atoms with E-state index in [0.717, 1.165) is 34.5 Å². The van der Waals surface area contributed by atoms with Gasteiger partial charge in [-0.25, -0.2) is 0 Å². The van der Waals surface area contributed by atoms with Gasteiger partial charge in [-0.15, -0.1) is 0 Å². The Labute approximate surface area is 190 Å². The minimum Gasteiger partial charge on any atom is -0.497 e. The second-order valence-corrected chi connectivity index (χ2v) is 7.86. The van der Waals surface area contributed by atoms with Crippen molar-refractivity contribution in [3.8, 4) is 17.0 Å². The Hall–Kier alpha value is -3.15. The summed E-state index contributed by atoms with van der Waals surface area (Å²) in [6, 6.07) is 18.2. The second-order valence-electron chi connectivity index (χ2n) is 7.05. The maximum Gasteiger partial charge on any atom is 0.255 e. The predicted molar refractivity (Wildman–Crippen MR) is 128 cm³/mol. The van der Waals surface area contributed by atoms with E-state index in [2.05, 4.69) is 16.8 Å². The summed E-state index contributed by atoms with van der Waals surface area (Å²) in [4.78, 5) is 12.6. The number of hydrogen-bond acceptors (Lipinski definition) is 3. The zero-order valence-electron chi connectivity index (χ0n) is 17.1. The van der Waals surface area contributed by atoms with Gasteiger partial charge in [0.05, 0.1) is 34.1 Å². The van der Waals surface area contributed by atoms with Gasteiger partial charge in [0.25, 0.3) is 5.91 Å². The molecular formula is C24H21Cl2N3O2. The Morgan fingerprint density at radius 2 is 1.77 bits per heavy atom. The van der Waals surface area contributed by atoms with E-state index >= 15 is 0 Å². The summed E-state index contributed by atoms with van der Waals surface area (Å²) in [5.74, 6) is 0.520. The first-order chi connectivity index (χ1) is 14.9. The van der Waals surface area contributed by atoms with Crippen LogP contribution in [0.1, 0.15) is 17.3 Å². The summed E-state index contributed by atoms with van der Waals surface area (Å²) >= 11 is 12.0. The summed E-state index contributed by atoms with van der Waals surface area (Å²) in [6.45, 7) is 2.83. The van der Waals surface area contributed by atoms with Gasteiger partial charge in [-0.2, -0.15) is 0 Å². The van der Waals surface area contributed by atoms with Crippen molar-refractivity contribution >= 4 is 51.4 Å². The molecule has 3 N–H and O–H groups in total. The van der Waals surface area contributed by atoms with Gasteiger partial charge in [0.2, 0.25) is 0 Å². The van der Waals surface area contributed by atoms with Crippen LogP contribution in [0.15, 0.2) is 60.7 Å². The van der Waals surface area contributed by atoms with Crippen molar-refractivity contribution < 1.29 is 9.53 Å². The molecule has 0 bridgehead atoms. The normalized spacial score (nSPS) is 11.0. The van der Waals surface area contributed by atoms with Crippen LogP contribution in [-0.4, -0.2) is 17.6 Å². The Balaban J connectivity index is 1.66. The number of nitrogens with one attached hydrogen (secondary N) is 1. The number of aromatic nitrogens is 1. The van der Waals surface area contributed by atoms with Crippen molar-refractivity contribution in [2.45, 2.75) is 13.5 Å². The Morgan fingerprint density at radius 3 is 2.42 bits per heavy atom. The summed E-state index contributed by atoms with van der Waals surface area (Å²) < 4.78 is 7.51. The number of rotatable bonds is 5. The minimum absolute atomic E-state index is 0.237. The molecule has 0 aliphatic carbocycles. The number of fused-ring (bicyclic) bond motifs is 1. The van der Waals surface area contributed by atoms with E-state index in [1.807, 2.05) is 30.3 Å². The number of hydrogen-bond donors (Lipinski definition) is 2. The van der Waals surface area contributed by atoms with Crippen molar-refractivity contribution in [3.63, 3.8) is 0 Å². The molecule has 0 atom stereocenters. The predicted octanol–water partition coefficient (Wildman–Crippen LogP) is 6.48. The maximum absolute atomic E-state index is 12.6. The number of nitrogen functional groups attached to an aromatic ring is 1. The lowest BCUT2D eigenvalue weighted by molar-refractivity contribution is 0.102. The molecule has 0 spiro atoms. The van der Waals surface area contributed by atoms with Gasteiger partial charge in [-0.1, -0.05) is 35.3 Å². The highest BCUT2D eigenvalue weighted by Crippen LogP contribution is 2.38. The molecule has 0 unspecified atom stereocenters. The van der Waals surface area contributed by atoms with E-state index in [1.165, 1.54) is 0 Å². The molecule has 0 radical (unpaired) electrons. The molecule has 1 amide bonds. The number of benzene rings is 3. The van der Waals surface area contributed by atoms with E-state index in [9.17, 15) is 4.79 Å². The molecule has 4 rings (SSSR count). The average molecular weight is 454 g/mol. The highest BCUT2D eigenvalue weighted by atomic mass is 35.5. The molecule has 0 saturated heterocycles. The lowest BCUT2D eigenvalue weighted by atomic mass is 10.1. The van der Waals surface area contributed by atoms with Gasteiger partial charge in [0, 0.05) is 28.7 Å². The third kappa shape index (κ3) is 3.94. The molecule has 158 valence electrons. The standard InChI is InChI=1S/C24H21Cl2N3O2/c1-3-29-21-11-9-17(31-2)13-18(21)22(27)23(29)14-4-6-15(7-5-14)24(30)28-16-8-10-19(25)20(26)12-16/h4-13H,3,27H2,1-2H3,(H,28,30). The first-order valence-corrected chi connectivity index (χ1v) is 10.5. The van der Waals surface area contributed by atoms with Crippen molar-refractivity contribution in [1.82, 2.24) is 4.57 Å². The van der Waals surface area contributed by atoms with E-state index in [4.69, 9.17) is 33.7 Å². The highest BCUT2D eigenvalue weighted by Gasteiger charge is 2.17. The molecule has 3 aromatic carbocycles. The lowest BCUT2D eigenvalue weighted by Gasteiger charge is -2.10. The molecule has 1 heterocycles. The third-order valence-electron chi connectivity index (χ3n) is 5.22. The Morgan fingerprint density at radius 1 is 1.03 bits per heavy atom. The third-order valence-corrected chi connectivity index (χ3v) is 5.96. The fourth-order valence-corrected chi connectivity index (χ4v) is 3.98. The highest BCUT2D eigenvalue weighted by molar-refractivity contribution is 6.42. The number of nitrogens with zero attached hydrogens (tertiary/aromatic N) is 1. The largest absolute Gasteiger partial charge is 0.497 e. The van der Waals surface area contributed by atoms with E-state index in [-0.39, 0.29) is 5.91 Å². The number of anilines is 2. The number of aryl methyl sites for hydroxylation is 1. The van der Waals surface area contributed by atoms with Gasteiger partial charge < -0.3 is 20.4 Å². The first-order valence-electron chi connectivity index (χ1n) is 9.75. The summed E-state index contributed by atoms with van der Waals surface area (Å²) in [7, 11) is 1.64. The summed E-state index contributed by atoms with van der Waals surface area (Å²) in [5.41, 5.74) is 11.2. The number of carbonyl (C=O) groups is 1. The molecule has 0 saturated carbocycles. The molecule has 5 nitrogen and oxygen atoms in total. The number of ether oxygens (including phenoxy) is 1. The van der Waals surface area contributed by atoms with Crippen molar-refractivity contribution in [3.05, 3.63) is 76.3 Å². The summed E-state index contributed by atoms with van der Waals surface area (Å²) in [5, 5.41) is 4.59. The number of amides is 1. The van der Waals surface area contributed by atoms with Crippen LogP contribution >= 0.6 is 23.2 Å². The van der Waals surface area contributed by atoms with Crippen molar-refractivity contribution in [1.29, 1.82) is 0 Å². The quantitative estimate of drug-likeness (QED) is 0.363. The molecule has 0 fully saturated rings. The number of nitrogens with two attached hydrogens (primary N) is 1. The average Bonchev–Trinajstić information content (AvgIpc) is 3.07. The first kappa shape index (κ1) is 21.1. The maximum atomic E-state index is 12.6. The second kappa shape index (κ2) is 8.53. The van der Waals surface area contributed by atoms with Gasteiger partial charge in [-0.3, -0.25) is 4.79 Å². The zero-order valence-corrected chi connectivity index (χ0v) is 18.6. The number of carbonyl (C=O) groups excluding carboxylic acids is 1. The molecule has 7 heteroatoms.